The first kappa shape index (κ1) is 15.5. The van der Waals surface area contributed by atoms with E-state index in [4.69, 9.17) is 4.28 Å². The molecule has 0 saturated heterocycles. The van der Waals surface area contributed by atoms with E-state index < -0.39 is 10.1 Å². The Morgan fingerprint density at radius 1 is 1.09 bits per heavy atom. The van der Waals surface area contributed by atoms with Gasteiger partial charge in [0.25, 0.3) is 0 Å². The lowest BCUT2D eigenvalue weighted by Gasteiger charge is -2.18. The van der Waals surface area contributed by atoms with Gasteiger partial charge < -0.3 is 0 Å². The third-order valence-electron chi connectivity index (χ3n) is 3.74. The van der Waals surface area contributed by atoms with Crippen LogP contribution in [-0.2, 0) is 20.8 Å². The van der Waals surface area contributed by atoms with Crippen LogP contribution >= 0.6 is 0 Å². The third-order valence-corrected chi connectivity index (χ3v) is 4.89. The van der Waals surface area contributed by atoms with E-state index in [1.807, 2.05) is 30.3 Å². The van der Waals surface area contributed by atoms with E-state index in [2.05, 4.69) is 12.1 Å². The summed E-state index contributed by atoms with van der Waals surface area (Å²) in [6.07, 6.45) is 5.38. The standard InChI is InChI=1S/C18H17NO3S/c1-2-14-10-12-16(13-11-14)23(20,21)22-19-18-9-5-7-15-6-3-4-8-17(15)18/h2-4,6,8-13,19H,1,5,7H2. The number of rotatable bonds is 5. The minimum absolute atomic E-state index is 0.0975. The van der Waals surface area contributed by atoms with Gasteiger partial charge in [-0.2, -0.15) is 8.42 Å². The number of hydroxylamine groups is 1. The summed E-state index contributed by atoms with van der Waals surface area (Å²) in [6.45, 7) is 3.64. The molecule has 118 valence electrons. The van der Waals surface area contributed by atoms with Gasteiger partial charge >= 0.3 is 10.1 Å². The van der Waals surface area contributed by atoms with Crippen LogP contribution in [0.3, 0.4) is 0 Å². The Bertz CT molecular complexity index is 852. The van der Waals surface area contributed by atoms with Gasteiger partial charge in [-0.1, -0.05) is 55.1 Å². The maximum absolute atomic E-state index is 12.2. The zero-order chi connectivity index (χ0) is 16.3. The summed E-state index contributed by atoms with van der Waals surface area (Å²) >= 11 is 0. The fourth-order valence-electron chi connectivity index (χ4n) is 2.50. The number of hydrogen-bond donors (Lipinski definition) is 1. The molecule has 1 N–H and O–H groups in total. The van der Waals surface area contributed by atoms with E-state index in [1.54, 1.807) is 18.2 Å². The Labute approximate surface area is 136 Å². The molecule has 1 aliphatic rings. The normalized spacial score (nSPS) is 13.8. The zero-order valence-corrected chi connectivity index (χ0v) is 13.3. The molecule has 3 rings (SSSR count). The topological polar surface area (TPSA) is 55.4 Å². The second-order valence-electron chi connectivity index (χ2n) is 5.23. The molecule has 5 heteroatoms. The van der Waals surface area contributed by atoms with Crippen molar-refractivity contribution in [3.63, 3.8) is 0 Å². The number of benzene rings is 2. The second-order valence-corrected chi connectivity index (χ2v) is 6.77. The van der Waals surface area contributed by atoms with Crippen molar-refractivity contribution in [2.75, 3.05) is 0 Å². The van der Waals surface area contributed by atoms with Crippen LogP contribution in [0.2, 0.25) is 0 Å². The Hall–Kier alpha value is -2.37. The van der Waals surface area contributed by atoms with Crippen molar-refractivity contribution in [1.82, 2.24) is 5.48 Å². The molecule has 0 saturated carbocycles. The van der Waals surface area contributed by atoms with Crippen LogP contribution in [0.15, 0.2) is 66.1 Å². The minimum atomic E-state index is -3.87. The molecular weight excluding hydrogens is 310 g/mol. The number of fused-ring (bicyclic) bond motifs is 1. The minimum Gasteiger partial charge on any atom is -0.249 e. The summed E-state index contributed by atoms with van der Waals surface area (Å²) in [5, 5.41) is 0. The van der Waals surface area contributed by atoms with Crippen molar-refractivity contribution < 1.29 is 12.7 Å². The van der Waals surface area contributed by atoms with Crippen molar-refractivity contribution in [3.8, 4) is 0 Å². The largest absolute Gasteiger partial charge is 0.317 e. The van der Waals surface area contributed by atoms with E-state index in [0.29, 0.717) is 5.70 Å². The van der Waals surface area contributed by atoms with Gasteiger partial charge in [0.2, 0.25) is 0 Å². The first-order valence-corrected chi connectivity index (χ1v) is 8.71. The van der Waals surface area contributed by atoms with Crippen molar-refractivity contribution in [2.24, 2.45) is 0 Å². The van der Waals surface area contributed by atoms with Crippen LogP contribution in [0, 0.1) is 0 Å². The van der Waals surface area contributed by atoms with Crippen molar-refractivity contribution in [2.45, 2.75) is 17.7 Å². The van der Waals surface area contributed by atoms with E-state index >= 15 is 0 Å². The van der Waals surface area contributed by atoms with E-state index in [0.717, 1.165) is 24.0 Å². The fraction of sp³-hybridized carbons (Fsp3) is 0.111. The molecule has 1 aliphatic carbocycles. The molecule has 0 spiro atoms. The summed E-state index contributed by atoms with van der Waals surface area (Å²) in [5.41, 5.74) is 6.27. The first-order valence-electron chi connectivity index (χ1n) is 7.30. The molecule has 2 aromatic rings. The molecule has 0 radical (unpaired) electrons. The maximum atomic E-state index is 12.2. The molecule has 0 amide bonds. The molecular formula is C18H17NO3S. The summed E-state index contributed by atoms with van der Waals surface area (Å²) in [6, 6.07) is 14.2. The third kappa shape index (κ3) is 3.36. The molecule has 23 heavy (non-hydrogen) atoms. The highest BCUT2D eigenvalue weighted by Gasteiger charge is 2.18. The van der Waals surface area contributed by atoms with Crippen molar-refractivity contribution >= 4 is 21.9 Å². The van der Waals surface area contributed by atoms with Gasteiger partial charge in [-0.25, -0.2) is 5.48 Å². The zero-order valence-electron chi connectivity index (χ0n) is 12.5. The Kier molecular flexibility index (Phi) is 4.32. The average molecular weight is 327 g/mol. The highest BCUT2D eigenvalue weighted by molar-refractivity contribution is 7.86. The predicted octanol–water partition coefficient (Wildman–Crippen LogP) is 3.53. The summed E-state index contributed by atoms with van der Waals surface area (Å²) < 4.78 is 29.5. The molecule has 0 atom stereocenters. The SMILES string of the molecule is C=Cc1ccc(S(=O)(=O)ONC2=CCCc3ccccc32)cc1. The van der Waals surface area contributed by atoms with E-state index in [1.165, 1.54) is 17.7 Å². The van der Waals surface area contributed by atoms with Crippen LogP contribution < -0.4 is 5.48 Å². The molecule has 0 fully saturated rings. The molecule has 0 bridgehead atoms. The lowest BCUT2D eigenvalue weighted by Crippen LogP contribution is -2.21. The number of hydrogen-bond acceptors (Lipinski definition) is 4. The molecule has 0 aliphatic heterocycles. The van der Waals surface area contributed by atoms with Gasteiger partial charge in [0.1, 0.15) is 0 Å². The van der Waals surface area contributed by atoms with E-state index in [-0.39, 0.29) is 4.90 Å². The molecule has 2 aromatic carbocycles. The van der Waals surface area contributed by atoms with Gasteiger partial charge in [0, 0.05) is 5.56 Å². The molecule has 0 unspecified atom stereocenters. The van der Waals surface area contributed by atoms with Crippen LogP contribution in [0.25, 0.3) is 11.8 Å². The lowest BCUT2D eigenvalue weighted by atomic mass is 9.95. The van der Waals surface area contributed by atoms with Crippen molar-refractivity contribution in [3.05, 3.63) is 77.9 Å². The van der Waals surface area contributed by atoms with Gasteiger partial charge in [0.05, 0.1) is 10.6 Å². The van der Waals surface area contributed by atoms with Crippen LogP contribution in [0.5, 0.6) is 0 Å². The van der Waals surface area contributed by atoms with Crippen LogP contribution in [-0.4, -0.2) is 8.42 Å². The van der Waals surface area contributed by atoms with Gasteiger partial charge in [0.15, 0.2) is 0 Å². The molecule has 4 nitrogen and oxygen atoms in total. The smallest absolute Gasteiger partial charge is 0.249 e. The lowest BCUT2D eigenvalue weighted by molar-refractivity contribution is 0.258. The highest BCUT2D eigenvalue weighted by Crippen LogP contribution is 2.25. The van der Waals surface area contributed by atoms with E-state index in [9.17, 15) is 8.42 Å². The van der Waals surface area contributed by atoms with Crippen LogP contribution in [0.1, 0.15) is 23.1 Å². The van der Waals surface area contributed by atoms with Gasteiger partial charge in [-0.15, -0.1) is 4.28 Å². The summed E-state index contributed by atoms with van der Waals surface area (Å²) in [4.78, 5) is 0.0975. The first-order chi connectivity index (χ1) is 11.1. The van der Waals surface area contributed by atoms with Crippen LogP contribution in [0.4, 0.5) is 0 Å². The number of nitrogens with one attached hydrogen (secondary N) is 1. The quantitative estimate of drug-likeness (QED) is 0.854. The highest BCUT2D eigenvalue weighted by atomic mass is 32.2. The molecule has 0 heterocycles. The number of aryl methyl sites for hydroxylation is 1. The predicted molar refractivity (Wildman–Crippen MR) is 90.7 cm³/mol. The van der Waals surface area contributed by atoms with Gasteiger partial charge in [-0.05, 0) is 36.1 Å². The summed E-state index contributed by atoms with van der Waals surface area (Å²) in [7, 11) is -3.87. The Morgan fingerprint density at radius 3 is 2.57 bits per heavy atom. The monoisotopic (exact) mass is 327 g/mol. The Morgan fingerprint density at radius 2 is 1.83 bits per heavy atom. The maximum Gasteiger partial charge on any atom is 0.317 e. The second kappa shape index (κ2) is 6.40. The number of allylic oxidation sites excluding steroid dienone is 1. The average Bonchev–Trinajstić information content (AvgIpc) is 2.60. The Balaban J connectivity index is 1.77. The fourth-order valence-corrected chi connectivity index (χ4v) is 3.26. The van der Waals surface area contributed by atoms with Gasteiger partial charge in [-0.3, -0.25) is 0 Å². The summed E-state index contributed by atoms with van der Waals surface area (Å²) in [5.74, 6) is 0. The van der Waals surface area contributed by atoms with Crippen molar-refractivity contribution in [1.29, 1.82) is 0 Å². The molecule has 0 aromatic heterocycles.